The van der Waals surface area contributed by atoms with Crippen LogP contribution in [0.1, 0.15) is 0 Å². The minimum atomic E-state index is 0.190. The lowest BCUT2D eigenvalue weighted by molar-refractivity contribution is 0.893. The predicted molar refractivity (Wildman–Crippen MR) is 94.4 cm³/mol. The van der Waals surface area contributed by atoms with Gasteiger partial charge in [-0.05, 0) is 36.5 Å². The van der Waals surface area contributed by atoms with Gasteiger partial charge in [0.1, 0.15) is 5.82 Å². The van der Waals surface area contributed by atoms with Crippen LogP contribution in [0.25, 0.3) is 16.9 Å². The number of thiocarbonyl (C=S) groups is 1. The topological polar surface area (TPSA) is 55.9 Å². The van der Waals surface area contributed by atoms with Gasteiger partial charge in [-0.1, -0.05) is 41.9 Å². The summed E-state index contributed by atoms with van der Waals surface area (Å²) in [4.78, 5) is 0. The van der Waals surface area contributed by atoms with E-state index in [1.54, 1.807) is 4.68 Å². The third kappa shape index (κ3) is 3.10. The van der Waals surface area contributed by atoms with Gasteiger partial charge in [0.25, 0.3) is 0 Å². The van der Waals surface area contributed by atoms with Gasteiger partial charge < -0.3 is 11.1 Å². The molecule has 6 heteroatoms. The molecule has 1 heterocycles. The third-order valence-corrected chi connectivity index (χ3v) is 3.42. The van der Waals surface area contributed by atoms with E-state index < -0.39 is 0 Å². The molecule has 3 aromatic rings. The summed E-state index contributed by atoms with van der Waals surface area (Å²) in [5, 5.41) is 8.43. The average Bonchev–Trinajstić information content (AvgIpc) is 2.91. The van der Waals surface area contributed by atoms with E-state index in [1.165, 1.54) is 0 Å². The Morgan fingerprint density at radius 1 is 1.09 bits per heavy atom. The van der Waals surface area contributed by atoms with Gasteiger partial charge in [0.05, 0.1) is 11.4 Å². The van der Waals surface area contributed by atoms with Crippen LogP contribution >= 0.6 is 23.8 Å². The highest BCUT2D eigenvalue weighted by atomic mass is 35.5. The molecule has 0 spiro atoms. The zero-order chi connectivity index (χ0) is 15.5. The average molecular weight is 329 g/mol. The maximum Gasteiger partial charge on any atom is 0.169 e. The van der Waals surface area contributed by atoms with Crippen LogP contribution in [0.15, 0.2) is 60.7 Å². The van der Waals surface area contributed by atoms with E-state index in [1.807, 2.05) is 60.7 Å². The highest BCUT2D eigenvalue weighted by molar-refractivity contribution is 7.80. The molecule has 0 atom stereocenters. The van der Waals surface area contributed by atoms with Crippen molar-refractivity contribution in [2.75, 3.05) is 5.32 Å². The number of nitrogens with one attached hydrogen (secondary N) is 1. The molecular weight excluding hydrogens is 316 g/mol. The Morgan fingerprint density at radius 2 is 1.86 bits per heavy atom. The van der Waals surface area contributed by atoms with Gasteiger partial charge in [-0.25, -0.2) is 4.68 Å². The molecule has 0 unspecified atom stereocenters. The molecule has 0 aliphatic carbocycles. The lowest BCUT2D eigenvalue weighted by Crippen LogP contribution is -2.20. The van der Waals surface area contributed by atoms with Crippen molar-refractivity contribution in [1.82, 2.24) is 9.78 Å². The Kier molecular flexibility index (Phi) is 4.09. The number of benzene rings is 2. The fraction of sp³-hybridized carbons (Fsp3) is 0. The van der Waals surface area contributed by atoms with Crippen molar-refractivity contribution < 1.29 is 0 Å². The van der Waals surface area contributed by atoms with E-state index in [2.05, 4.69) is 10.4 Å². The minimum absolute atomic E-state index is 0.190. The molecule has 110 valence electrons. The minimum Gasteiger partial charge on any atom is -0.376 e. The highest BCUT2D eigenvalue weighted by Gasteiger charge is 2.11. The van der Waals surface area contributed by atoms with Crippen LogP contribution < -0.4 is 11.1 Å². The number of hydrogen-bond acceptors (Lipinski definition) is 2. The number of aromatic nitrogens is 2. The lowest BCUT2D eigenvalue weighted by Gasteiger charge is -2.07. The number of hydrogen-bond donors (Lipinski definition) is 2. The second-order valence-corrected chi connectivity index (χ2v) is 5.54. The summed E-state index contributed by atoms with van der Waals surface area (Å²) in [5.41, 5.74) is 8.22. The molecule has 0 aliphatic rings. The first-order valence-corrected chi connectivity index (χ1v) is 7.40. The number of halogens is 1. The van der Waals surface area contributed by atoms with Crippen molar-refractivity contribution in [3.05, 3.63) is 65.7 Å². The predicted octanol–water partition coefficient (Wildman–Crippen LogP) is 3.85. The molecule has 2 aromatic carbocycles. The van der Waals surface area contributed by atoms with E-state index in [0.29, 0.717) is 10.8 Å². The van der Waals surface area contributed by atoms with Crippen LogP contribution in [0, 0.1) is 0 Å². The Hall–Kier alpha value is -2.37. The number of para-hydroxylation sites is 1. The molecule has 0 bridgehead atoms. The number of nitrogens with zero attached hydrogens (tertiary/aromatic N) is 2. The van der Waals surface area contributed by atoms with Gasteiger partial charge in [0.2, 0.25) is 0 Å². The molecule has 3 N–H and O–H groups in total. The number of nitrogens with two attached hydrogens (primary N) is 1. The second kappa shape index (κ2) is 6.17. The van der Waals surface area contributed by atoms with Crippen molar-refractivity contribution >= 4 is 34.7 Å². The van der Waals surface area contributed by atoms with Gasteiger partial charge in [0, 0.05) is 16.7 Å². The molecule has 0 aliphatic heterocycles. The fourth-order valence-electron chi connectivity index (χ4n) is 2.15. The van der Waals surface area contributed by atoms with Crippen molar-refractivity contribution in [3.8, 4) is 16.9 Å². The van der Waals surface area contributed by atoms with Crippen molar-refractivity contribution in [2.45, 2.75) is 0 Å². The maximum absolute atomic E-state index is 6.05. The Balaban J connectivity index is 2.10. The fourth-order valence-corrected chi connectivity index (χ4v) is 2.45. The van der Waals surface area contributed by atoms with E-state index in [-0.39, 0.29) is 5.11 Å². The summed E-state index contributed by atoms with van der Waals surface area (Å²) in [5.74, 6) is 0.702. The zero-order valence-electron chi connectivity index (χ0n) is 11.5. The van der Waals surface area contributed by atoms with Crippen molar-refractivity contribution in [2.24, 2.45) is 5.73 Å². The molecule has 4 nitrogen and oxygen atoms in total. The van der Waals surface area contributed by atoms with Gasteiger partial charge in [-0.15, -0.1) is 0 Å². The quantitative estimate of drug-likeness (QED) is 0.717. The summed E-state index contributed by atoms with van der Waals surface area (Å²) < 4.78 is 1.76. The standard InChI is InChI=1S/C16H13ClN4S/c17-12-6-4-5-11(9-12)14-10-15(19-16(18)22)21(20-14)13-7-2-1-3-8-13/h1-10H,(H3,18,19,22). The molecule has 0 radical (unpaired) electrons. The first-order valence-electron chi connectivity index (χ1n) is 6.61. The molecule has 0 fully saturated rings. The summed E-state index contributed by atoms with van der Waals surface area (Å²) in [6, 6.07) is 19.2. The first kappa shape index (κ1) is 14.6. The summed E-state index contributed by atoms with van der Waals surface area (Å²) in [7, 11) is 0. The SMILES string of the molecule is NC(=S)Nc1cc(-c2cccc(Cl)c2)nn1-c1ccccc1. The molecule has 0 saturated carbocycles. The Morgan fingerprint density at radius 3 is 2.55 bits per heavy atom. The molecule has 0 saturated heterocycles. The Labute approximate surface area is 138 Å². The number of rotatable bonds is 3. The van der Waals surface area contributed by atoms with E-state index >= 15 is 0 Å². The lowest BCUT2D eigenvalue weighted by atomic mass is 10.1. The van der Waals surface area contributed by atoms with Crippen molar-refractivity contribution in [3.63, 3.8) is 0 Å². The van der Waals surface area contributed by atoms with Crippen LogP contribution in [0.3, 0.4) is 0 Å². The van der Waals surface area contributed by atoms with Crippen molar-refractivity contribution in [1.29, 1.82) is 0 Å². The van der Waals surface area contributed by atoms with Gasteiger partial charge in [0.15, 0.2) is 5.11 Å². The number of anilines is 1. The Bertz CT molecular complexity index is 814. The molecule has 1 aromatic heterocycles. The second-order valence-electron chi connectivity index (χ2n) is 4.66. The highest BCUT2D eigenvalue weighted by Crippen LogP contribution is 2.26. The summed E-state index contributed by atoms with van der Waals surface area (Å²) in [6.45, 7) is 0. The maximum atomic E-state index is 6.05. The van der Waals surface area contributed by atoms with Crippen LogP contribution in [0.2, 0.25) is 5.02 Å². The van der Waals surface area contributed by atoms with Crippen LogP contribution in [-0.4, -0.2) is 14.9 Å². The largest absolute Gasteiger partial charge is 0.376 e. The molecular formula is C16H13ClN4S. The summed E-state index contributed by atoms with van der Waals surface area (Å²) >= 11 is 11.0. The van der Waals surface area contributed by atoms with Gasteiger partial charge in [-0.2, -0.15) is 5.10 Å². The first-order chi connectivity index (χ1) is 10.6. The van der Waals surface area contributed by atoms with E-state index in [9.17, 15) is 0 Å². The van der Waals surface area contributed by atoms with E-state index in [4.69, 9.17) is 29.6 Å². The van der Waals surface area contributed by atoms with Gasteiger partial charge >= 0.3 is 0 Å². The monoisotopic (exact) mass is 328 g/mol. The zero-order valence-corrected chi connectivity index (χ0v) is 13.1. The van der Waals surface area contributed by atoms with Gasteiger partial charge in [-0.3, -0.25) is 0 Å². The van der Waals surface area contributed by atoms with Crippen LogP contribution in [-0.2, 0) is 0 Å². The smallest absolute Gasteiger partial charge is 0.169 e. The molecule has 0 amide bonds. The molecule has 3 rings (SSSR count). The summed E-state index contributed by atoms with van der Waals surface area (Å²) in [6.07, 6.45) is 0. The van der Waals surface area contributed by atoms with E-state index in [0.717, 1.165) is 16.9 Å². The third-order valence-electron chi connectivity index (χ3n) is 3.08. The molecule has 22 heavy (non-hydrogen) atoms. The van der Waals surface area contributed by atoms with Crippen LogP contribution in [0.5, 0.6) is 0 Å². The van der Waals surface area contributed by atoms with Crippen LogP contribution in [0.4, 0.5) is 5.82 Å². The normalized spacial score (nSPS) is 10.4.